The summed E-state index contributed by atoms with van der Waals surface area (Å²) in [7, 11) is 0. The topological polar surface area (TPSA) is 49.5 Å². The fraction of sp³-hybridized carbons (Fsp3) is 1.00. The first kappa shape index (κ1) is 8.48. The average molecular weight is 170 g/mol. The van der Waals surface area contributed by atoms with Crippen molar-refractivity contribution in [2.75, 3.05) is 26.2 Å². The largest absolute Gasteiger partial charge is 0.394 e. The Bertz CT molecular complexity index is 174. The lowest BCUT2D eigenvalue weighted by Gasteiger charge is -2.29. The van der Waals surface area contributed by atoms with Crippen molar-refractivity contribution in [1.82, 2.24) is 4.90 Å². The van der Waals surface area contributed by atoms with Crippen LogP contribution in [0.4, 0.5) is 0 Å². The van der Waals surface area contributed by atoms with Crippen molar-refractivity contribution in [2.24, 2.45) is 11.7 Å². The Labute approximate surface area is 73.5 Å². The van der Waals surface area contributed by atoms with Gasteiger partial charge in [-0.2, -0.15) is 0 Å². The summed E-state index contributed by atoms with van der Waals surface area (Å²) in [6.45, 7) is 3.68. The molecular weight excluding hydrogens is 152 g/mol. The molecule has 2 fully saturated rings. The highest BCUT2D eigenvalue weighted by Gasteiger charge is 2.36. The number of fused-ring (bicyclic) bond motifs is 2. The smallest absolute Gasteiger partial charge is 0.0611 e. The molecule has 3 unspecified atom stereocenters. The second kappa shape index (κ2) is 2.98. The van der Waals surface area contributed by atoms with Gasteiger partial charge in [0.05, 0.1) is 6.61 Å². The number of nitrogens with two attached hydrogens (primary N) is 1. The molecule has 2 aliphatic heterocycles. The third-order valence-corrected chi connectivity index (χ3v) is 3.31. The van der Waals surface area contributed by atoms with Crippen LogP contribution in [0.25, 0.3) is 0 Å². The van der Waals surface area contributed by atoms with E-state index in [2.05, 4.69) is 4.90 Å². The standard InChI is InChI=1S/C9H18N2O/c10-9(7-12)2-4-11-3-1-8(5-9)6-11/h8,12H,1-7,10H2. The van der Waals surface area contributed by atoms with Crippen LogP contribution in [-0.2, 0) is 0 Å². The van der Waals surface area contributed by atoms with Gasteiger partial charge in [0, 0.05) is 12.1 Å². The van der Waals surface area contributed by atoms with Crippen molar-refractivity contribution in [2.45, 2.75) is 24.8 Å². The van der Waals surface area contributed by atoms with Crippen molar-refractivity contribution < 1.29 is 5.11 Å². The van der Waals surface area contributed by atoms with E-state index in [0.717, 1.165) is 25.3 Å². The van der Waals surface area contributed by atoms with E-state index >= 15 is 0 Å². The van der Waals surface area contributed by atoms with E-state index in [1.54, 1.807) is 0 Å². The molecule has 0 aromatic rings. The molecule has 0 saturated carbocycles. The molecule has 2 bridgehead atoms. The van der Waals surface area contributed by atoms with Gasteiger partial charge in [0.2, 0.25) is 0 Å². The van der Waals surface area contributed by atoms with E-state index in [-0.39, 0.29) is 12.1 Å². The summed E-state index contributed by atoms with van der Waals surface area (Å²) in [4.78, 5) is 2.47. The minimum absolute atomic E-state index is 0.150. The minimum Gasteiger partial charge on any atom is -0.394 e. The van der Waals surface area contributed by atoms with Gasteiger partial charge in [-0.05, 0) is 38.3 Å². The molecule has 0 spiro atoms. The van der Waals surface area contributed by atoms with Gasteiger partial charge in [0.1, 0.15) is 0 Å². The Kier molecular flexibility index (Phi) is 2.10. The van der Waals surface area contributed by atoms with Gasteiger partial charge in [-0.15, -0.1) is 0 Å². The molecule has 0 aromatic heterocycles. The molecule has 0 aliphatic carbocycles. The van der Waals surface area contributed by atoms with Gasteiger partial charge in [-0.25, -0.2) is 0 Å². The predicted octanol–water partition coefficient (Wildman–Crippen LogP) is -0.208. The van der Waals surface area contributed by atoms with Crippen LogP contribution in [0.15, 0.2) is 0 Å². The lowest BCUT2D eigenvalue weighted by atomic mass is 9.86. The number of hydrogen-bond acceptors (Lipinski definition) is 3. The summed E-state index contributed by atoms with van der Waals surface area (Å²) in [6.07, 6.45) is 3.25. The van der Waals surface area contributed by atoms with Crippen LogP contribution in [0.5, 0.6) is 0 Å². The Balaban J connectivity index is 2.04. The van der Waals surface area contributed by atoms with Gasteiger partial charge in [-0.3, -0.25) is 0 Å². The first-order chi connectivity index (χ1) is 5.72. The molecule has 3 atom stereocenters. The van der Waals surface area contributed by atoms with Gasteiger partial charge >= 0.3 is 0 Å². The molecule has 3 heteroatoms. The fourth-order valence-electron chi connectivity index (χ4n) is 2.48. The third-order valence-electron chi connectivity index (χ3n) is 3.31. The van der Waals surface area contributed by atoms with Crippen molar-refractivity contribution >= 4 is 0 Å². The molecule has 0 amide bonds. The van der Waals surface area contributed by atoms with Crippen LogP contribution in [0.2, 0.25) is 0 Å². The Hall–Kier alpha value is -0.120. The van der Waals surface area contributed by atoms with E-state index in [0.29, 0.717) is 0 Å². The van der Waals surface area contributed by atoms with E-state index in [4.69, 9.17) is 10.8 Å². The van der Waals surface area contributed by atoms with Crippen molar-refractivity contribution in [3.63, 3.8) is 0 Å². The lowest BCUT2D eigenvalue weighted by molar-refractivity contribution is 0.162. The molecule has 70 valence electrons. The van der Waals surface area contributed by atoms with Gasteiger partial charge in [0.15, 0.2) is 0 Å². The molecule has 3 N–H and O–H groups in total. The van der Waals surface area contributed by atoms with Crippen LogP contribution in [0.1, 0.15) is 19.3 Å². The van der Waals surface area contributed by atoms with Gasteiger partial charge < -0.3 is 15.7 Å². The SMILES string of the molecule is NC1(CO)CCN2CCC(C2)C1. The molecule has 2 heterocycles. The summed E-state index contributed by atoms with van der Waals surface area (Å²) in [5, 5.41) is 9.16. The molecule has 2 saturated heterocycles. The maximum absolute atomic E-state index is 9.16. The molecule has 0 radical (unpaired) electrons. The maximum Gasteiger partial charge on any atom is 0.0611 e. The number of aliphatic hydroxyl groups is 1. The second-order valence-electron chi connectivity index (χ2n) is 4.43. The van der Waals surface area contributed by atoms with Crippen LogP contribution >= 0.6 is 0 Å². The Morgan fingerprint density at radius 3 is 3.08 bits per heavy atom. The summed E-state index contributed by atoms with van der Waals surface area (Å²) in [5.74, 6) is 0.740. The van der Waals surface area contributed by atoms with E-state index in [1.165, 1.54) is 19.5 Å². The summed E-state index contributed by atoms with van der Waals surface area (Å²) >= 11 is 0. The lowest BCUT2D eigenvalue weighted by Crippen LogP contribution is -2.46. The quantitative estimate of drug-likeness (QED) is 0.572. The van der Waals surface area contributed by atoms with Crippen molar-refractivity contribution in [1.29, 1.82) is 0 Å². The van der Waals surface area contributed by atoms with E-state index in [1.807, 2.05) is 0 Å². The van der Waals surface area contributed by atoms with Crippen LogP contribution in [0, 0.1) is 5.92 Å². The summed E-state index contributed by atoms with van der Waals surface area (Å²) < 4.78 is 0. The predicted molar refractivity (Wildman–Crippen MR) is 47.8 cm³/mol. The normalized spacial score (nSPS) is 47.5. The van der Waals surface area contributed by atoms with E-state index < -0.39 is 0 Å². The summed E-state index contributed by atoms with van der Waals surface area (Å²) in [5.41, 5.74) is 5.79. The molecule has 2 rings (SSSR count). The number of nitrogens with zero attached hydrogens (tertiary/aromatic N) is 1. The Morgan fingerprint density at radius 2 is 2.33 bits per heavy atom. The summed E-state index contributed by atoms with van der Waals surface area (Å²) in [6, 6.07) is 0. The highest BCUT2D eigenvalue weighted by Crippen LogP contribution is 2.30. The second-order valence-corrected chi connectivity index (χ2v) is 4.43. The van der Waals surface area contributed by atoms with Crippen molar-refractivity contribution in [3.8, 4) is 0 Å². The molecule has 2 aliphatic rings. The zero-order valence-corrected chi connectivity index (χ0v) is 7.50. The van der Waals surface area contributed by atoms with Gasteiger partial charge in [0.25, 0.3) is 0 Å². The number of aliphatic hydroxyl groups excluding tert-OH is 1. The van der Waals surface area contributed by atoms with Crippen LogP contribution in [-0.4, -0.2) is 41.8 Å². The monoisotopic (exact) mass is 170 g/mol. The molecule has 3 nitrogen and oxygen atoms in total. The van der Waals surface area contributed by atoms with E-state index in [9.17, 15) is 0 Å². The molecule has 0 aromatic carbocycles. The number of rotatable bonds is 1. The third kappa shape index (κ3) is 1.49. The fourth-order valence-corrected chi connectivity index (χ4v) is 2.48. The van der Waals surface area contributed by atoms with Crippen molar-refractivity contribution in [3.05, 3.63) is 0 Å². The molecule has 12 heavy (non-hydrogen) atoms. The first-order valence-electron chi connectivity index (χ1n) is 4.84. The number of hydrogen-bond donors (Lipinski definition) is 2. The Morgan fingerprint density at radius 1 is 1.50 bits per heavy atom. The highest BCUT2D eigenvalue weighted by molar-refractivity contribution is 4.93. The highest BCUT2D eigenvalue weighted by atomic mass is 16.3. The maximum atomic E-state index is 9.16. The zero-order valence-electron chi connectivity index (χ0n) is 7.50. The van der Waals surface area contributed by atoms with Gasteiger partial charge in [-0.1, -0.05) is 0 Å². The average Bonchev–Trinajstić information content (AvgIpc) is 2.40. The first-order valence-corrected chi connectivity index (χ1v) is 4.84. The molecular formula is C9H18N2O. The van der Waals surface area contributed by atoms with Crippen LogP contribution in [0.3, 0.4) is 0 Å². The zero-order chi connectivity index (χ0) is 8.60. The minimum atomic E-state index is -0.278. The van der Waals surface area contributed by atoms with Crippen LogP contribution < -0.4 is 5.73 Å².